The summed E-state index contributed by atoms with van der Waals surface area (Å²) in [5, 5.41) is 7.62. The smallest absolute Gasteiger partial charge is 0.256 e. The number of aryl methyl sites for hydroxylation is 1. The Kier molecular flexibility index (Phi) is 2.55. The van der Waals surface area contributed by atoms with E-state index in [9.17, 15) is 9.59 Å². The molecule has 0 aromatic carbocycles. The lowest BCUT2D eigenvalue weighted by molar-refractivity contribution is -0.137. The average molecular weight is 220 g/mol. The summed E-state index contributed by atoms with van der Waals surface area (Å²) in [7, 11) is 1.83. The number of aromatic nitrogens is 3. The van der Waals surface area contributed by atoms with E-state index in [1.807, 2.05) is 7.05 Å². The van der Waals surface area contributed by atoms with Crippen molar-refractivity contribution in [2.45, 2.75) is 13.3 Å². The molecule has 6 nitrogen and oxygen atoms in total. The standard InChI is InChI=1S/C10H12N4O2/c1-7-5-9(15)14(10(7)16)4-3-8-12-11-6-13(8)2/h5-6H,3-4H2,1-2H3. The monoisotopic (exact) mass is 220 g/mol. The Bertz CT molecular complexity index is 475. The molecule has 0 unspecified atom stereocenters. The fourth-order valence-electron chi connectivity index (χ4n) is 1.59. The van der Waals surface area contributed by atoms with Crippen molar-refractivity contribution < 1.29 is 9.59 Å². The van der Waals surface area contributed by atoms with Crippen LogP contribution in [0.1, 0.15) is 12.7 Å². The topological polar surface area (TPSA) is 68.1 Å². The van der Waals surface area contributed by atoms with Crippen LogP contribution in [0, 0.1) is 0 Å². The van der Waals surface area contributed by atoms with Gasteiger partial charge in [-0.3, -0.25) is 14.5 Å². The van der Waals surface area contributed by atoms with Crippen molar-refractivity contribution >= 4 is 11.8 Å². The molecule has 1 aromatic heterocycles. The highest BCUT2D eigenvalue weighted by atomic mass is 16.2. The van der Waals surface area contributed by atoms with Gasteiger partial charge in [0.25, 0.3) is 11.8 Å². The lowest BCUT2D eigenvalue weighted by Gasteiger charge is -2.13. The van der Waals surface area contributed by atoms with Crippen molar-refractivity contribution in [2.24, 2.45) is 7.05 Å². The first-order valence-corrected chi connectivity index (χ1v) is 4.96. The van der Waals surface area contributed by atoms with E-state index in [-0.39, 0.29) is 11.8 Å². The molecule has 0 saturated heterocycles. The second-order valence-electron chi connectivity index (χ2n) is 3.73. The van der Waals surface area contributed by atoms with Gasteiger partial charge < -0.3 is 4.57 Å². The van der Waals surface area contributed by atoms with Gasteiger partial charge in [-0.15, -0.1) is 10.2 Å². The van der Waals surface area contributed by atoms with Crippen molar-refractivity contribution in [3.8, 4) is 0 Å². The molecule has 2 heterocycles. The number of rotatable bonds is 3. The number of hydrogen-bond acceptors (Lipinski definition) is 4. The van der Waals surface area contributed by atoms with E-state index in [0.29, 0.717) is 18.5 Å². The third-order valence-corrected chi connectivity index (χ3v) is 2.55. The summed E-state index contributed by atoms with van der Waals surface area (Å²) in [6.07, 6.45) is 3.47. The van der Waals surface area contributed by atoms with Crippen LogP contribution in [0.4, 0.5) is 0 Å². The summed E-state index contributed by atoms with van der Waals surface area (Å²) in [6.45, 7) is 1.99. The Labute approximate surface area is 92.6 Å². The molecule has 2 amide bonds. The van der Waals surface area contributed by atoms with Crippen molar-refractivity contribution in [1.82, 2.24) is 19.7 Å². The van der Waals surface area contributed by atoms with Crippen LogP contribution in [-0.4, -0.2) is 38.0 Å². The summed E-state index contributed by atoms with van der Waals surface area (Å²) in [6, 6.07) is 0. The van der Waals surface area contributed by atoms with E-state index >= 15 is 0 Å². The van der Waals surface area contributed by atoms with E-state index in [4.69, 9.17) is 0 Å². The molecule has 6 heteroatoms. The Morgan fingerprint density at radius 1 is 1.38 bits per heavy atom. The van der Waals surface area contributed by atoms with Gasteiger partial charge in [0.05, 0.1) is 0 Å². The van der Waals surface area contributed by atoms with E-state index in [0.717, 1.165) is 5.82 Å². The molecule has 0 radical (unpaired) electrons. The molecule has 1 aliphatic heterocycles. The van der Waals surface area contributed by atoms with Crippen molar-refractivity contribution in [3.63, 3.8) is 0 Å². The molecule has 0 bridgehead atoms. The molecule has 0 atom stereocenters. The summed E-state index contributed by atoms with van der Waals surface area (Å²) in [5.74, 6) is 0.294. The minimum absolute atomic E-state index is 0.216. The maximum absolute atomic E-state index is 11.6. The predicted octanol–water partition coefficient (Wildman–Crippen LogP) is -0.327. The van der Waals surface area contributed by atoms with Crippen LogP contribution >= 0.6 is 0 Å². The zero-order valence-corrected chi connectivity index (χ0v) is 9.17. The van der Waals surface area contributed by atoms with Gasteiger partial charge in [0.2, 0.25) is 0 Å². The Hall–Kier alpha value is -1.98. The van der Waals surface area contributed by atoms with Crippen LogP contribution in [0.15, 0.2) is 18.0 Å². The SMILES string of the molecule is CC1=CC(=O)N(CCc2nncn2C)C1=O. The largest absolute Gasteiger partial charge is 0.321 e. The number of carbonyl (C=O) groups excluding carboxylic acids is 2. The predicted molar refractivity (Wildman–Crippen MR) is 55.2 cm³/mol. The highest BCUT2D eigenvalue weighted by Gasteiger charge is 2.27. The lowest BCUT2D eigenvalue weighted by atomic mass is 10.3. The van der Waals surface area contributed by atoms with Crippen LogP contribution in [0.2, 0.25) is 0 Å². The second-order valence-corrected chi connectivity index (χ2v) is 3.73. The average Bonchev–Trinajstić information content (AvgIpc) is 2.72. The van der Waals surface area contributed by atoms with Crippen molar-refractivity contribution in [3.05, 3.63) is 23.8 Å². The molecule has 0 saturated carbocycles. The third kappa shape index (κ3) is 1.73. The first-order valence-electron chi connectivity index (χ1n) is 4.96. The summed E-state index contributed by atoms with van der Waals surface area (Å²) in [5.41, 5.74) is 0.489. The first kappa shape index (κ1) is 10.5. The van der Waals surface area contributed by atoms with E-state index in [1.54, 1.807) is 17.8 Å². The van der Waals surface area contributed by atoms with Crippen LogP contribution in [-0.2, 0) is 23.1 Å². The molecule has 0 aliphatic carbocycles. The number of carbonyl (C=O) groups is 2. The molecule has 1 aliphatic rings. The maximum Gasteiger partial charge on any atom is 0.256 e. The minimum Gasteiger partial charge on any atom is -0.321 e. The molecule has 0 spiro atoms. The van der Waals surface area contributed by atoms with Gasteiger partial charge in [-0.05, 0) is 6.92 Å². The summed E-state index contributed by atoms with van der Waals surface area (Å²) in [4.78, 5) is 24.2. The van der Waals surface area contributed by atoms with Crippen molar-refractivity contribution in [1.29, 1.82) is 0 Å². The highest BCUT2D eigenvalue weighted by Crippen LogP contribution is 2.12. The first-order chi connectivity index (χ1) is 7.59. The Morgan fingerprint density at radius 3 is 2.62 bits per heavy atom. The lowest BCUT2D eigenvalue weighted by Crippen LogP contribution is -2.33. The number of nitrogens with zero attached hydrogens (tertiary/aromatic N) is 4. The van der Waals surface area contributed by atoms with Gasteiger partial charge in [0.1, 0.15) is 12.2 Å². The fourth-order valence-corrected chi connectivity index (χ4v) is 1.59. The molecule has 84 valence electrons. The molecule has 0 N–H and O–H groups in total. The fraction of sp³-hybridized carbons (Fsp3) is 0.400. The van der Waals surface area contributed by atoms with Gasteiger partial charge in [-0.2, -0.15) is 0 Å². The molecule has 0 fully saturated rings. The van der Waals surface area contributed by atoms with Crippen LogP contribution in [0.5, 0.6) is 0 Å². The molecule has 1 aromatic rings. The van der Waals surface area contributed by atoms with E-state index in [2.05, 4.69) is 10.2 Å². The van der Waals surface area contributed by atoms with Gasteiger partial charge in [-0.1, -0.05) is 0 Å². The van der Waals surface area contributed by atoms with E-state index in [1.165, 1.54) is 11.0 Å². The second kappa shape index (κ2) is 3.88. The highest BCUT2D eigenvalue weighted by molar-refractivity contribution is 6.15. The normalized spacial score (nSPS) is 15.9. The quantitative estimate of drug-likeness (QED) is 0.654. The zero-order valence-electron chi connectivity index (χ0n) is 9.17. The number of amides is 2. The van der Waals surface area contributed by atoms with Gasteiger partial charge in [-0.25, -0.2) is 0 Å². The zero-order chi connectivity index (χ0) is 11.7. The Morgan fingerprint density at radius 2 is 2.12 bits per heavy atom. The molecular weight excluding hydrogens is 208 g/mol. The number of hydrogen-bond donors (Lipinski definition) is 0. The Balaban J connectivity index is 2.00. The summed E-state index contributed by atoms with van der Waals surface area (Å²) < 4.78 is 1.77. The van der Waals surface area contributed by atoms with Gasteiger partial charge in [0.15, 0.2) is 0 Å². The number of imide groups is 1. The molecular formula is C10H12N4O2. The van der Waals surface area contributed by atoms with Gasteiger partial charge >= 0.3 is 0 Å². The van der Waals surface area contributed by atoms with Crippen LogP contribution in [0.3, 0.4) is 0 Å². The molecule has 2 rings (SSSR count). The van der Waals surface area contributed by atoms with Crippen molar-refractivity contribution in [2.75, 3.05) is 6.54 Å². The van der Waals surface area contributed by atoms with Gasteiger partial charge in [0, 0.05) is 31.7 Å². The third-order valence-electron chi connectivity index (χ3n) is 2.55. The molecule has 16 heavy (non-hydrogen) atoms. The van der Waals surface area contributed by atoms with E-state index < -0.39 is 0 Å². The summed E-state index contributed by atoms with van der Waals surface area (Å²) >= 11 is 0. The maximum atomic E-state index is 11.6. The van der Waals surface area contributed by atoms with Crippen LogP contribution in [0.25, 0.3) is 0 Å². The van der Waals surface area contributed by atoms with Crippen LogP contribution < -0.4 is 0 Å². The minimum atomic E-state index is -0.246.